The summed E-state index contributed by atoms with van der Waals surface area (Å²) < 4.78 is 0. The highest BCUT2D eigenvalue weighted by Gasteiger charge is 2.40. The number of carbonyl (C=O) groups is 4. The molecule has 0 spiro atoms. The van der Waals surface area contributed by atoms with Gasteiger partial charge in [0.05, 0.1) is 11.1 Å². The van der Waals surface area contributed by atoms with Crippen LogP contribution in [0.15, 0.2) is 59.9 Å². The highest BCUT2D eigenvalue weighted by atomic mass is 16.2. The molecule has 0 atom stereocenters. The summed E-state index contributed by atoms with van der Waals surface area (Å²) in [7, 11) is 0. The van der Waals surface area contributed by atoms with Gasteiger partial charge in [-0.1, -0.05) is 74.9 Å². The monoisotopic (exact) mass is 726 g/mol. The van der Waals surface area contributed by atoms with Crippen LogP contribution in [0.1, 0.15) is 99.6 Å². The number of nitrogens with zero attached hydrogens (tertiary/aromatic N) is 2. The lowest BCUT2D eigenvalue weighted by atomic mass is 9.88. The predicted octanol–water partition coefficient (Wildman–Crippen LogP) is 6.73. The van der Waals surface area contributed by atoms with E-state index in [1.807, 2.05) is 48.5 Å². The molecule has 10 nitrogen and oxygen atoms in total. The molecule has 4 amide bonds. The summed E-state index contributed by atoms with van der Waals surface area (Å²) in [5, 5.41) is 7.24. The fourth-order valence-electron chi connectivity index (χ4n) is 10.0. The first-order valence-corrected chi connectivity index (χ1v) is 20.3. The van der Waals surface area contributed by atoms with Crippen molar-refractivity contribution >= 4 is 56.6 Å². The Morgan fingerprint density at radius 1 is 0.463 bits per heavy atom. The number of fused-ring (bicyclic) bond motifs is 4. The zero-order valence-electron chi connectivity index (χ0n) is 31.0. The smallest absolute Gasteiger partial charge is 0.275 e. The molecule has 2 fully saturated rings. The lowest BCUT2D eigenvalue weighted by molar-refractivity contribution is -0.126. The van der Waals surface area contributed by atoms with Crippen molar-refractivity contribution in [3.8, 4) is 0 Å². The molecular formula is C44H50N6O4. The quantitative estimate of drug-likeness (QED) is 0.149. The van der Waals surface area contributed by atoms with Crippen molar-refractivity contribution in [2.75, 3.05) is 26.2 Å². The molecule has 11 rings (SSSR count). The van der Waals surface area contributed by atoms with E-state index in [1.54, 1.807) is 0 Å². The number of benzene rings is 2. The van der Waals surface area contributed by atoms with Crippen molar-refractivity contribution in [1.29, 1.82) is 0 Å². The molecule has 0 radical (unpaired) electrons. The summed E-state index contributed by atoms with van der Waals surface area (Å²) in [4.78, 5) is 65.7. The molecule has 2 saturated heterocycles. The number of carbonyl (C=O) groups excluding carboxylic acids is 4. The van der Waals surface area contributed by atoms with Crippen LogP contribution in [-0.4, -0.2) is 69.6 Å². The largest absolute Gasteiger partial charge is 0.366 e. The normalized spacial score (nSPS) is 23.6. The number of imide groups is 2. The first-order valence-electron chi connectivity index (χ1n) is 20.3. The zero-order chi connectivity index (χ0) is 36.8. The molecule has 7 aliphatic heterocycles. The van der Waals surface area contributed by atoms with Gasteiger partial charge in [-0.15, -0.1) is 0 Å². The lowest BCUT2D eigenvalue weighted by Crippen LogP contribution is -2.37. The van der Waals surface area contributed by atoms with Crippen LogP contribution in [0.4, 0.5) is 0 Å². The van der Waals surface area contributed by atoms with Gasteiger partial charge < -0.3 is 19.8 Å². The number of piperidine rings is 2. The Kier molecular flexibility index (Phi) is 9.37. The number of hydrogen-bond donors (Lipinski definition) is 4. The Morgan fingerprint density at radius 2 is 0.870 bits per heavy atom. The van der Waals surface area contributed by atoms with E-state index in [-0.39, 0.29) is 23.6 Å². The van der Waals surface area contributed by atoms with Crippen molar-refractivity contribution in [2.45, 2.75) is 89.9 Å². The number of aromatic amines is 2. The number of aryl methyl sites for hydroxylation is 2. The second-order valence-corrected chi connectivity index (χ2v) is 16.1. The lowest BCUT2D eigenvalue weighted by Gasteiger charge is -2.34. The van der Waals surface area contributed by atoms with E-state index in [1.165, 1.54) is 32.1 Å². The van der Waals surface area contributed by atoms with E-state index < -0.39 is 0 Å². The van der Waals surface area contributed by atoms with E-state index >= 15 is 0 Å². The SMILES string of the molecule is O=C1NC(=O)C2=C1c1c([nH]c3ccccc13)CCCCCc1[nH]c3ccccc3c1C1=C(C(=O)NC1=O)N1CCC(CCCCCC3CCN2CC3)CC1. The molecule has 7 aliphatic rings. The van der Waals surface area contributed by atoms with Crippen LogP contribution >= 0.6 is 0 Å². The van der Waals surface area contributed by atoms with Gasteiger partial charge in [0.15, 0.2) is 0 Å². The van der Waals surface area contributed by atoms with Crippen molar-refractivity contribution in [3.05, 3.63) is 82.4 Å². The van der Waals surface area contributed by atoms with Gasteiger partial charge in [0.1, 0.15) is 11.4 Å². The average Bonchev–Trinajstić information content (AvgIpc) is 3.89. The Bertz CT molecular complexity index is 2050. The molecule has 0 unspecified atom stereocenters. The van der Waals surface area contributed by atoms with Gasteiger partial charge >= 0.3 is 0 Å². The summed E-state index contributed by atoms with van der Waals surface area (Å²) in [6, 6.07) is 16.1. The maximum absolute atomic E-state index is 13.6. The molecule has 0 aliphatic carbocycles. The number of rotatable bonds is 0. The average molecular weight is 727 g/mol. The maximum atomic E-state index is 13.6. The molecule has 0 saturated carbocycles. The number of para-hydroxylation sites is 2. The number of amides is 4. The van der Waals surface area contributed by atoms with Crippen LogP contribution in [-0.2, 0) is 32.0 Å². The molecule has 2 aromatic heterocycles. The first kappa shape index (κ1) is 34.6. The van der Waals surface area contributed by atoms with Gasteiger partial charge in [-0.05, 0) is 75.3 Å². The highest BCUT2D eigenvalue weighted by molar-refractivity contribution is 6.38. The third-order valence-electron chi connectivity index (χ3n) is 12.8. The van der Waals surface area contributed by atoms with E-state index in [2.05, 4.69) is 30.4 Å². The summed E-state index contributed by atoms with van der Waals surface area (Å²) in [6.45, 7) is 3.16. The minimum absolute atomic E-state index is 0.284. The zero-order valence-corrected chi connectivity index (χ0v) is 31.0. The molecule has 10 heteroatoms. The van der Waals surface area contributed by atoms with Crippen LogP contribution in [0, 0.1) is 11.8 Å². The third-order valence-corrected chi connectivity index (χ3v) is 12.8. The standard InChI is InChI=1S/C44H50N6O4/c51-41-37-35-29-13-7-9-15-31(29)45-33(35)17-5-2-6-18-34-36(30-14-8-10-16-32(30)46-34)38-40(44(54)48-42(38)52)50-25-21-28(22-26-50)12-4-1-3-11-27-19-23-49(24-20-27)39(37)43(53)47-41/h7-10,13-16,27-28,45-46H,1-6,11-12,17-26H2,(H,47,51,53)(H,48,52,54). The molecule has 280 valence electrons. The van der Waals surface area contributed by atoms with Gasteiger partial charge in [-0.3, -0.25) is 29.8 Å². The van der Waals surface area contributed by atoms with Crippen molar-refractivity contribution in [1.82, 2.24) is 30.4 Å². The second-order valence-electron chi connectivity index (χ2n) is 16.1. The Labute approximate surface area is 315 Å². The predicted molar refractivity (Wildman–Crippen MR) is 210 cm³/mol. The van der Waals surface area contributed by atoms with Gasteiger partial charge in [0.25, 0.3) is 23.6 Å². The summed E-state index contributed by atoms with van der Waals surface area (Å²) >= 11 is 0. The van der Waals surface area contributed by atoms with E-state index in [9.17, 15) is 19.2 Å². The molecule has 2 aromatic carbocycles. The van der Waals surface area contributed by atoms with Crippen LogP contribution in [0.5, 0.6) is 0 Å². The molecule has 4 bridgehead atoms. The molecule has 9 heterocycles. The van der Waals surface area contributed by atoms with E-state index in [0.717, 1.165) is 128 Å². The number of nitrogens with one attached hydrogen (secondary N) is 4. The highest BCUT2D eigenvalue weighted by Crippen LogP contribution is 2.39. The van der Waals surface area contributed by atoms with Gasteiger partial charge in [-0.25, -0.2) is 0 Å². The first-order chi connectivity index (χ1) is 26.4. The van der Waals surface area contributed by atoms with Crippen LogP contribution in [0.25, 0.3) is 33.0 Å². The Morgan fingerprint density at radius 3 is 1.31 bits per heavy atom. The maximum Gasteiger partial charge on any atom is 0.275 e. The summed E-state index contributed by atoms with van der Waals surface area (Å²) in [5.41, 5.74) is 7.68. The summed E-state index contributed by atoms with van der Waals surface area (Å²) in [5.74, 6) is 0.0848. The van der Waals surface area contributed by atoms with Gasteiger partial charge in [0, 0.05) is 70.5 Å². The van der Waals surface area contributed by atoms with Crippen molar-refractivity contribution < 1.29 is 19.2 Å². The second kappa shape index (κ2) is 14.6. The summed E-state index contributed by atoms with van der Waals surface area (Å²) in [6.07, 6.45) is 14.3. The number of H-pyrrole nitrogens is 2. The fraction of sp³-hybridized carbons (Fsp3) is 0.455. The van der Waals surface area contributed by atoms with Crippen LogP contribution in [0.2, 0.25) is 0 Å². The number of hydrogen-bond acceptors (Lipinski definition) is 6. The molecule has 4 N–H and O–H groups in total. The Balaban J connectivity index is 1.05. The van der Waals surface area contributed by atoms with Crippen molar-refractivity contribution in [3.63, 3.8) is 0 Å². The molecule has 4 aromatic rings. The number of aromatic nitrogens is 2. The Hall–Kier alpha value is -5.12. The minimum Gasteiger partial charge on any atom is -0.366 e. The fourth-order valence-corrected chi connectivity index (χ4v) is 10.0. The molecular weight excluding hydrogens is 677 g/mol. The molecule has 54 heavy (non-hydrogen) atoms. The van der Waals surface area contributed by atoms with Crippen LogP contribution < -0.4 is 10.6 Å². The van der Waals surface area contributed by atoms with E-state index in [0.29, 0.717) is 34.4 Å². The van der Waals surface area contributed by atoms with Crippen molar-refractivity contribution in [2.24, 2.45) is 11.8 Å². The van der Waals surface area contributed by atoms with E-state index in [4.69, 9.17) is 0 Å². The van der Waals surface area contributed by atoms with Gasteiger partial charge in [0.2, 0.25) is 0 Å². The van der Waals surface area contributed by atoms with Crippen LogP contribution in [0.3, 0.4) is 0 Å². The minimum atomic E-state index is -0.309. The third kappa shape index (κ3) is 6.33. The topological polar surface area (TPSA) is 130 Å². The van der Waals surface area contributed by atoms with Gasteiger partial charge in [-0.2, -0.15) is 0 Å².